The van der Waals surface area contributed by atoms with Gasteiger partial charge in [0.25, 0.3) is 0 Å². The van der Waals surface area contributed by atoms with Crippen LogP contribution in [-0.2, 0) is 13.1 Å². The molecular weight excluding hydrogens is 371 g/mol. The molecule has 0 saturated heterocycles. The molecule has 0 unspecified atom stereocenters. The summed E-state index contributed by atoms with van der Waals surface area (Å²) in [7, 11) is 0. The van der Waals surface area contributed by atoms with Crippen LogP contribution in [0.2, 0.25) is 0 Å². The Hall–Kier alpha value is -2.86. The summed E-state index contributed by atoms with van der Waals surface area (Å²) in [6, 6.07) is 12.9. The Labute approximate surface area is 169 Å². The predicted octanol–water partition coefficient (Wildman–Crippen LogP) is 5.15. The Bertz CT molecular complexity index is 980. The fourth-order valence-corrected chi connectivity index (χ4v) is 4.17. The molecule has 2 aromatic carbocycles. The number of nitrogens with zero attached hydrogens (tertiary/aromatic N) is 2. The highest BCUT2D eigenvalue weighted by Crippen LogP contribution is 2.34. The van der Waals surface area contributed by atoms with Gasteiger partial charge >= 0.3 is 0 Å². The van der Waals surface area contributed by atoms with E-state index in [0.717, 1.165) is 29.3 Å². The van der Waals surface area contributed by atoms with Gasteiger partial charge in [-0.15, -0.1) is 0 Å². The fraction of sp³-hybridized carbons (Fsp3) is 0.348. The van der Waals surface area contributed by atoms with E-state index in [9.17, 15) is 4.39 Å². The predicted molar refractivity (Wildman–Crippen MR) is 106 cm³/mol. The van der Waals surface area contributed by atoms with Crippen LogP contribution in [0.4, 0.5) is 4.39 Å². The summed E-state index contributed by atoms with van der Waals surface area (Å²) >= 11 is 0. The third-order valence-corrected chi connectivity index (χ3v) is 5.67. The van der Waals surface area contributed by atoms with Gasteiger partial charge < -0.3 is 13.9 Å². The molecule has 3 aromatic rings. The van der Waals surface area contributed by atoms with E-state index in [0.29, 0.717) is 18.5 Å². The number of oxazole rings is 1. The number of rotatable bonds is 6. The molecule has 2 aliphatic rings. The van der Waals surface area contributed by atoms with Gasteiger partial charge in [-0.05, 0) is 54.8 Å². The van der Waals surface area contributed by atoms with E-state index in [2.05, 4.69) is 22.0 Å². The molecule has 0 radical (unpaired) electrons. The molecular formula is C23H23FN2O3. The van der Waals surface area contributed by atoms with Gasteiger partial charge in [0, 0.05) is 24.7 Å². The third kappa shape index (κ3) is 3.98. The lowest BCUT2D eigenvalue weighted by Crippen LogP contribution is -2.32. The number of hydrogen-bond donors (Lipinski definition) is 0. The monoisotopic (exact) mass is 394 g/mol. The van der Waals surface area contributed by atoms with Crippen molar-refractivity contribution in [2.75, 3.05) is 6.79 Å². The minimum absolute atomic E-state index is 0.267. The number of benzene rings is 2. The summed E-state index contributed by atoms with van der Waals surface area (Å²) in [6.07, 6.45) is 6.64. The van der Waals surface area contributed by atoms with Gasteiger partial charge in [-0.25, -0.2) is 9.37 Å². The van der Waals surface area contributed by atoms with Crippen LogP contribution in [0.5, 0.6) is 11.5 Å². The minimum Gasteiger partial charge on any atom is -0.454 e. The number of hydrogen-bond acceptors (Lipinski definition) is 5. The van der Waals surface area contributed by atoms with Crippen molar-refractivity contribution in [3.05, 3.63) is 65.8 Å². The first-order valence-electron chi connectivity index (χ1n) is 10.1. The minimum atomic E-state index is -0.267. The summed E-state index contributed by atoms with van der Waals surface area (Å²) in [5, 5.41) is 0. The van der Waals surface area contributed by atoms with Crippen LogP contribution in [0.1, 0.15) is 36.9 Å². The Kier molecular flexibility index (Phi) is 4.94. The number of fused-ring (bicyclic) bond motifs is 1. The highest BCUT2D eigenvalue weighted by Gasteiger charge is 2.25. The lowest BCUT2D eigenvalue weighted by atomic mass is 10.1. The summed E-state index contributed by atoms with van der Waals surface area (Å²) < 4.78 is 29.8. The maximum absolute atomic E-state index is 13.2. The zero-order valence-corrected chi connectivity index (χ0v) is 16.1. The van der Waals surface area contributed by atoms with Gasteiger partial charge in [0.1, 0.15) is 12.1 Å². The highest BCUT2D eigenvalue weighted by atomic mass is 19.1. The van der Waals surface area contributed by atoms with Crippen LogP contribution in [0.3, 0.4) is 0 Å². The van der Waals surface area contributed by atoms with Crippen LogP contribution in [0.15, 0.2) is 53.1 Å². The quantitative estimate of drug-likeness (QED) is 0.578. The lowest BCUT2D eigenvalue weighted by molar-refractivity contribution is 0.172. The van der Waals surface area contributed by atoms with Crippen molar-refractivity contribution in [3.8, 4) is 23.0 Å². The second-order valence-corrected chi connectivity index (χ2v) is 7.68. The van der Waals surface area contributed by atoms with Crippen molar-refractivity contribution in [1.29, 1.82) is 0 Å². The molecule has 1 fully saturated rings. The molecule has 0 atom stereocenters. The van der Waals surface area contributed by atoms with Gasteiger partial charge in [-0.1, -0.05) is 18.9 Å². The average molecular weight is 394 g/mol. The van der Waals surface area contributed by atoms with Crippen LogP contribution in [0.25, 0.3) is 11.5 Å². The molecule has 29 heavy (non-hydrogen) atoms. The van der Waals surface area contributed by atoms with E-state index >= 15 is 0 Å². The first-order chi connectivity index (χ1) is 14.2. The van der Waals surface area contributed by atoms with E-state index < -0.39 is 0 Å². The van der Waals surface area contributed by atoms with E-state index in [1.54, 1.807) is 18.4 Å². The van der Waals surface area contributed by atoms with E-state index in [-0.39, 0.29) is 12.6 Å². The number of halogens is 1. The largest absolute Gasteiger partial charge is 0.454 e. The molecule has 0 amide bonds. The van der Waals surface area contributed by atoms with Gasteiger partial charge in [0.05, 0.1) is 5.69 Å². The Balaban J connectivity index is 1.34. The topological polar surface area (TPSA) is 47.7 Å². The first kappa shape index (κ1) is 18.2. The molecule has 1 aromatic heterocycles. The molecule has 5 nitrogen and oxygen atoms in total. The van der Waals surface area contributed by atoms with Crippen molar-refractivity contribution >= 4 is 0 Å². The summed E-state index contributed by atoms with van der Waals surface area (Å²) in [5.41, 5.74) is 2.86. The van der Waals surface area contributed by atoms with Gasteiger partial charge in [0.15, 0.2) is 11.5 Å². The van der Waals surface area contributed by atoms with E-state index in [1.165, 1.54) is 43.4 Å². The smallest absolute Gasteiger partial charge is 0.231 e. The zero-order valence-electron chi connectivity index (χ0n) is 16.1. The first-order valence-corrected chi connectivity index (χ1v) is 10.1. The van der Waals surface area contributed by atoms with Crippen molar-refractivity contribution in [2.24, 2.45) is 0 Å². The molecule has 5 rings (SSSR count). The molecule has 0 spiro atoms. The molecule has 1 saturated carbocycles. The molecule has 0 N–H and O–H groups in total. The summed E-state index contributed by atoms with van der Waals surface area (Å²) in [6.45, 7) is 1.82. The van der Waals surface area contributed by atoms with Gasteiger partial charge in [0.2, 0.25) is 12.7 Å². The van der Waals surface area contributed by atoms with E-state index in [1.807, 2.05) is 6.07 Å². The average Bonchev–Trinajstić information content (AvgIpc) is 3.49. The van der Waals surface area contributed by atoms with Crippen LogP contribution in [-0.4, -0.2) is 22.7 Å². The Morgan fingerprint density at radius 3 is 2.59 bits per heavy atom. The van der Waals surface area contributed by atoms with E-state index in [4.69, 9.17) is 13.9 Å². The van der Waals surface area contributed by atoms with Crippen molar-refractivity contribution in [3.63, 3.8) is 0 Å². The fourth-order valence-electron chi connectivity index (χ4n) is 4.17. The SMILES string of the molecule is Fc1ccc(-c2nc(CN(Cc3ccc4c(c3)OCO4)C3CCCC3)co2)cc1. The summed E-state index contributed by atoms with van der Waals surface area (Å²) in [4.78, 5) is 7.11. The molecule has 1 aliphatic carbocycles. The summed E-state index contributed by atoms with van der Waals surface area (Å²) in [5.74, 6) is 1.88. The Morgan fingerprint density at radius 1 is 0.966 bits per heavy atom. The maximum atomic E-state index is 13.2. The molecule has 150 valence electrons. The Morgan fingerprint density at radius 2 is 1.76 bits per heavy atom. The van der Waals surface area contributed by atoms with Crippen molar-refractivity contribution in [1.82, 2.24) is 9.88 Å². The number of ether oxygens (including phenoxy) is 2. The standard InChI is InChI=1S/C23H23FN2O3/c24-18-8-6-17(7-9-18)23-25-19(14-27-23)13-26(20-3-1-2-4-20)12-16-5-10-21-22(11-16)29-15-28-21/h5-11,14,20H,1-4,12-13,15H2. The highest BCUT2D eigenvalue weighted by molar-refractivity contribution is 5.52. The van der Waals surface area contributed by atoms with Gasteiger partial charge in [-0.2, -0.15) is 0 Å². The number of aromatic nitrogens is 1. The molecule has 1 aliphatic heterocycles. The molecule has 6 heteroatoms. The van der Waals surface area contributed by atoms with Crippen LogP contribution < -0.4 is 9.47 Å². The molecule has 2 heterocycles. The zero-order chi connectivity index (χ0) is 19.6. The maximum Gasteiger partial charge on any atom is 0.231 e. The van der Waals surface area contributed by atoms with Gasteiger partial charge in [-0.3, -0.25) is 4.90 Å². The van der Waals surface area contributed by atoms with Crippen molar-refractivity contribution in [2.45, 2.75) is 44.8 Å². The van der Waals surface area contributed by atoms with Crippen molar-refractivity contribution < 1.29 is 18.3 Å². The second-order valence-electron chi connectivity index (χ2n) is 7.68. The van der Waals surface area contributed by atoms with Crippen LogP contribution in [0, 0.1) is 5.82 Å². The lowest BCUT2D eigenvalue weighted by Gasteiger charge is -2.28. The molecule has 0 bridgehead atoms. The second kappa shape index (κ2) is 7.87. The van der Waals surface area contributed by atoms with Crippen LogP contribution >= 0.6 is 0 Å². The third-order valence-electron chi connectivity index (χ3n) is 5.67. The normalized spacial score (nSPS) is 16.1.